The van der Waals surface area contributed by atoms with Crippen molar-refractivity contribution in [2.45, 2.75) is 26.7 Å². The van der Waals surface area contributed by atoms with Crippen LogP contribution in [0.3, 0.4) is 0 Å². The second-order valence-corrected chi connectivity index (χ2v) is 6.68. The zero-order chi connectivity index (χ0) is 19.5. The molecular weight excluding hydrogens is 350 g/mol. The first-order valence-electron chi connectivity index (χ1n) is 8.12. The Morgan fingerprint density at radius 2 is 2.00 bits per heavy atom. The van der Waals surface area contributed by atoms with E-state index >= 15 is 0 Å². The summed E-state index contributed by atoms with van der Waals surface area (Å²) >= 11 is 1.28. The van der Waals surface area contributed by atoms with Crippen LogP contribution in [-0.2, 0) is 4.79 Å². The molecule has 0 unspecified atom stereocenters. The lowest BCUT2D eigenvalue weighted by atomic mass is 10.2. The van der Waals surface area contributed by atoms with Gasteiger partial charge in [0, 0.05) is 23.9 Å². The van der Waals surface area contributed by atoms with Crippen LogP contribution in [0.2, 0.25) is 0 Å². The van der Waals surface area contributed by atoms with Gasteiger partial charge in [0.2, 0.25) is 5.91 Å². The summed E-state index contributed by atoms with van der Waals surface area (Å²) in [6.45, 7) is 7.62. The SMILES string of the molecule is C/C=C\NC.C=C(C)CCC(=O)Nc1ccc2sc(C(=O)NO)cc2c1. The average molecular weight is 375 g/mol. The zero-order valence-electron chi connectivity index (χ0n) is 15.3. The number of thiophene rings is 1. The Morgan fingerprint density at radius 1 is 1.27 bits per heavy atom. The first-order chi connectivity index (χ1) is 12.4. The minimum atomic E-state index is -0.539. The molecule has 0 aliphatic carbocycles. The molecule has 0 aliphatic heterocycles. The second-order valence-electron chi connectivity index (χ2n) is 5.60. The van der Waals surface area contributed by atoms with Crippen molar-refractivity contribution in [3.05, 3.63) is 53.6 Å². The highest BCUT2D eigenvalue weighted by atomic mass is 32.1. The Kier molecular flexibility index (Phi) is 9.11. The number of hydroxylamine groups is 1. The van der Waals surface area contributed by atoms with Gasteiger partial charge in [-0.05, 0) is 56.1 Å². The number of fused-ring (bicyclic) bond motifs is 1. The number of benzene rings is 1. The van der Waals surface area contributed by atoms with Gasteiger partial charge < -0.3 is 10.6 Å². The van der Waals surface area contributed by atoms with Gasteiger partial charge in [-0.3, -0.25) is 14.8 Å². The Bertz CT molecular complexity index is 796. The molecule has 4 N–H and O–H groups in total. The first kappa shape index (κ1) is 21.4. The molecule has 1 aromatic heterocycles. The Hall–Kier alpha value is -2.64. The summed E-state index contributed by atoms with van der Waals surface area (Å²) < 4.78 is 0.911. The van der Waals surface area contributed by atoms with E-state index in [2.05, 4.69) is 17.2 Å². The molecule has 0 bridgehead atoms. The largest absolute Gasteiger partial charge is 0.394 e. The molecule has 26 heavy (non-hydrogen) atoms. The molecule has 0 saturated carbocycles. The van der Waals surface area contributed by atoms with Gasteiger partial charge in [0.25, 0.3) is 5.91 Å². The average Bonchev–Trinajstić information content (AvgIpc) is 3.04. The lowest BCUT2D eigenvalue weighted by Crippen LogP contribution is -2.16. The highest BCUT2D eigenvalue weighted by Crippen LogP contribution is 2.28. The summed E-state index contributed by atoms with van der Waals surface area (Å²) in [6.07, 6.45) is 4.88. The predicted molar refractivity (Wildman–Crippen MR) is 108 cm³/mol. The van der Waals surface area contributed by atoms with Crippen LogP contribution in [0.1, 0.15) is 36.4 Å². The first-order valence-corrected chi connectivity index (χ1v) is 8.93. The molecule has 6 nitrogen and oxygen atoms in total. The lowest BCUT2D eigenvalue weighted by molar-refractivity contribution is -0.116. The van der Waals surface area contributed by atoms with Crippen LogP contribution in [-0.4, -0.2) is 24.1 Å². The lowest BCUT2D eigenvalue weighted by Gasteiger charge is -2.05. The van der Waals surface area contributed by atoms with E-state index < -0.39 is 5.91 Å². The molecule has 0 spiro atoms. The quantitative estimate of drug-likeness (QED) is 0.348. The van der Waals surface area contributed by atoms with Crippen LogP contribution < -0.4 is 16.1 Å². The maximum absolute atomic E-state index is 11.8. The van der Waals surface area contributed by atoms with E-state index in [4.69, 9.17) is 5.21 Å². The molecule has 140 valence electrons. The van der Waals surface area contributed by atoms with Gasteiger partial charge >= 0.3 is 0 Å². The fraction of sp³-hybridized carbons (Fsp3) is 0.263. The van der Waals surface area contributed by atoms with Crippen LogP contribution in [0.4, 0.5) is 5.69 Å². The maximum Gasteiger partial charge on any atom is 0.284 e. The van der Waals surface area contributed by atoms with Crippen molar-refractivity contribution in [2.24, 2.45) is 0 Å². The third-order valence-electron chi connectivity index (χ3n) is 3.24. The molecule has 7 heteroatoms. The summed E-state index contributed by atoms with van der Waals surface area (Å²) in [4.78, 5) is 23.5. The zero-order valence-corrected chi connectivity index (χ0v) is 16.1. The fourth-order valence-electron chi connectivity index (χ4n) is 2.01. The van der Waals surface area contributed by atoms with Gasteiger partial charge in [0.05, 0.1) is 4.88 Å². The summed E-state index contributed by atoms with van der Waals surface area (Å²) in [5.74, 6) is -0.607. The third-order valence-corrected chi connectivity index (χ3v) is 4.35. The van der Waals surface area contributed by atoms with E-state index in [1.54, 1.807) is 23.7 Å². The smallest absolute Gasteiger partial charge is 0.284 e. The molecule has 0 fully saturated rings. The molecule has 0 atom stereocenters. The summed E-state index contributed by atoms with van der Waals surface area (Å²) in [6, 6.07) is 7.11. The fourth-order valence-corrected chi connectivity index (χ4v) is 2.94. The molecule has 1 heterocycles. The molecule has 1 aromatic carbocycles. The number of anilines is 1. The van der Waals surface area contributed by atoms with Gasteiger partial charge in [-0.2, -0.15) is 0 Å². The van der Waals surface area contributed by atoms with E-state index in [1.165, 1.54) is 11.3 Å². The number of carbonyl (C=O) groups is 2. The number of nitrogens with one attached hydrogen (secondary N) is 3. The van der Waals surface area contributed by atoms with Crippen molar-refractivity contribution in [3.8, 4) is 0 Å². The highest BCUT2D eigenvalue weighted by Gasteiger charge is 2.10. The topological polar surface area (TPSA) is 90.5 Å². The van der Waals surface area contributed by atoms with Gasteiger partial charge in [0.1, 0.15) is 0 Å². The molecule has 0 aliphatic rings. The monoisotopic (exact) mass is 375 g/mol. The third kappa shape index (κ3) is 7.08. The van der Waals surface area contributed by atoms with Crippen molar-refractivity contribution in [3.63, 3.8) is 0 Å². The summed E-state index contributed by atoms with van der Waals surface area (Å²) in [5, 5.41) is 15.1. The number of carbonyl (C=O) groups excluding carboxylic acids is 2. The molecule has 2 aromatic rings. The Morgan fingerprint density at radius 3 is 2.54 bits per heavy atom. The van der Waals surface area contributed by atoms with Crippen LogP contribution in [0.5, 0.6) is 0 Å². The number of hydrogen-bond acceptors (Lipinski definition) is 5. The van der Waals surface area contributed by atoms with Gasteiger partial charge in [-0.15, -0.1) is 17.9 Å². The highest BCUT2D eigenvalue weighted by molar-refractivity contribution is 7.20. The number of rotatable bonds is 6. The summed E-state index contributed by atoms with van der Waals surface area (Å²) in [5.41, 5.74) is 3.26. The van der Waals surface area contributed by atoms with Gasteiger partial charge in [-0.1, -0.05) is 11.6 Å². The molecular formula is C19H25N3O3S. The standard InChI is InChI=1S/C15H16N2O3S.C4H9N/c1-9(2)3-6-14(18)16-11-4-5-12-10(7-11)8-13(21-12)15(19)17-20;1-3-4-5-2/h4-5,7-8,20H,1,3,6H2,2H3,(H,16,18)(H,17,19);3-5H,1-2H3/b;4-3-. The summed E-state index contributed by atoms with van der Waals surface area (Å²) in [7, 11) is 1.88. The number of allylic oxidation sites excluding steroid dienone is 2. The van der Waals surface area contributed by atoms with Crippen molar-refractivity contribution < 1.29 is 14.8 Å². The Labute approximate surface area is 157 Å². The van der Waals surface area contributed by atoms with Crippen LogP contribution in [0.15, 0.2) is 48.7 Å². The molecule has 0 radical (unpaired) electrons. The Balaban J connectivity index is 0.000000597. The van der Waals surface area contributed by atoms with E-state index in [9.17, 15) is 9.59 Å². The van der Waals surface area contributed by atoms with Gasteiger partial charge in [0.15, 0.2) is 0 Å². The van der Waals surface area contributed by atoms with E-state index in [0.29, 0.717) is 23.4 Å². The van der Waals surface area contributed by atoms with E-state index in [-0.39, 0.29) is 5.91 Å². The number of amides is 2. The molecule has 0 saturated heterocycles. The van der Waals surface area contributed by atoms with Crippen molar-refractivity contribution >= 4 is 38.9 Å². The molecule has 2 amide bonds. The van der Waals surface area contributed by atoms with Crippen LogP contribution in [0, 0.1) is 0 Å². The van der Waals surface area contributed by atoms with Gasteiger partial charge in [-0.25, -0.2) is 5.48 Å². The second kappa shape index (κ2) is 11.1. The van der Waals surface area contributed by atoms with Crippen molar-refractivity contribution in [1.29, 1.82) is 0 Å². The molecule has 2 rings (SSSR count). The maximum atomic E-state index is 11.8. The minimum Gasteiger partial charge on any atom is -0.394 e. The predicted octanol–water partition coefficient (Wildman–Crippen LogP) is 4.05. The van der Waals surface area contributed by atoms with Crippen molar-refractivity contribution in [1.82, 2.24) is 10.8 Å². The van der Waals surface area contributed by atoms with E-state index in [1.807, 2.05) is 39.2 Å². The van der Waals surface area contributed by atoms with Crippen molar-refractivity contribution in [2.75, 3.05) is 12.4 Å². The van der Waals surface area contributed by atoms with Crippen LogP contribution >= 0.6 is 11.3 Å². The normalized spacial score (nSPS) is 10.2. The number of hydrogen-bond donors (Lipinski definition) is 4. The minimum absolute atomic E-state index is 0.0686. The van der Waals surface area contributed by atoms with Crippen LogP contribution in [0.25, 0.3) is 10.1 Å². The van der Waals surface area contributed by atoms with E-state index in [0.717, 1.165) is 15.7 Å².